The molecule has 0 aromatic heterocycles. The third-order valence-corrected chi connectivity index (χ3v) is 7.07. The quantitative estimate of drug-likeness (QED) is 0.493. The van der Waals surface area contributed by atoms with Crippen LogP contribution in [0.25, 0.3) is 0 Å². The second-order valence-corrected chi connectivity index (χ2v) is 9.81. The summed E-state index contributed by atoms with van der Waals surface area (Å²) in [6.45, 7) is 7.84. The zero-order valence-corrected chi connectivity index (χ0v) is 20.2. The van der Waals surface area contributed by atoms with Crippen LogP contribution in [0.3, 0.4) is 0 Å². The van der Waals surface area contributed by atoms with Crippen molar-refractivity contribution in [2.75, 3.05) is 17.5 Å². The summed E-state index contributed by atoms with van der Waals surface area (Å²) in [6.07, 6.45) is 0. The number of hydrogen-bond donors (Lipinski definition) is 1. The molecule has 0 radical (unpaired) electrons. The van der Waals surface area contributed by atoms with E-state index in [0.29, 0.717) is 12.3 Å². The molecule has 3 rings (SSSR count). The summed E-state index contributed by atoms with van der Waals surface area (Å²) >= 11 is 0. The Morgan fingerprint density at radius 2 is 1.45 bits per heavy atom. The summed E-state index contributed by atoms with van der Waals surface area (Å²) < 4.78 is 33.5. The van der Waals surface area contributed by atoms with Crippen LogP contribution in [0.4, 0.5) is 5.69 Å². The van der Waals surface area contributed by atoms with Gasteiger partial charge in [-0.05, 0) is 69.7 Å². The third kappa shape index (κ3) is 6.14. The number of hydrogen-bond acceptors (Lipinski definition) is 4. The van der Waals surface area contributed by atoms with Crippen molar-refractivity contribution in [3.63, 3.8) is 0 Å². The van der Waals surface area contributed by atoms with Gasteiger partial charge in [0, 0.05) is 0 Å². The lowest BCUT2D eigenvalue weighted by Gasteiger charge is -2.25. The van der Waals surface area contributed by atoms with E-state index in [9.17, 15) is 13.2 Å². The molecule has 0 spiro atoms. The highest BCUT2D eigenvalue weighted by Crippen LogP contribution is 2.25. The SMILES string of the molecule is CCOc1ccc(C(C)NC(=O)CN(c2ccc(C)cc2)S(=O)(=O)c2ccc(C)cc2)cc1. The Morgan fingerprint density at radius 1 is 0.909 bits per heavy atom. The van der Waals surface area contributed by atoms with Crippen molar-refractivity contribution in [2.24, 2.45) is 0 Å². The number of nitrogens with one attached hydrogen (secondary N) is 1. The van der Waals surface area contributed by atoms with Gasteiger partial charge in [0.15, 0.2) is 0 Å². The Kier molecular flexibility index (Phi) is 7.76. The first-order valence-corrected chi connectivity index (χ1v) is 12.3. The fourth-order valence-electron chi connectivity index (χ4n) is 3.38. The normalized spacial score (nSPS) is 12.1. The van der Waals surface area contributed by atoms with Gasteiger partial charge in [-0.15, -0.1) is 0 Å². The van der Waals surface area contributed by atoms with Gasteiger partial charge in [0.05, 0.1) is 23.2 Å². The highest BCUT2D eigenvalue weighted by Gasteiger charge is 2.27. The van der Waals surface area contributed by atoms with Gasteiger partial charge >= 0.3 is 0 Å². The predicted octanol–water partition coefficient (Wildman–Crippen LogP) is 4.77. The van der Waals surface area contributed by atoms with E-state index in [4.69, 9.17) is 4.74 Å². The van der Waals surface area contributed by atoms with Crippen LogP contribution in [-0.2, 0) is 14.8 Å². The fourth-order valence-corrected chi connectivity index (χ4v) is 4.80. The minimum Gasteiger partial charge on any atom is -0.494 e. The van der Waals surface area contributed by atoms with E-state index in [2.05, 4.69) is 5.32 Å². The molecule has 1 N–H and O–H groups in total. The number of amides is 1. The van der Waals surface area contributed by atoms with Crippen molar-refractivity contribution in [3.05, 3.63) is 89.5 Å². The number of carbonyl (C=O) groups excluding carboxylic acids is 1. The minimum atomic E-state index is -3.94. The Hall–Kier alpha value is -3.32. The van der Waals surface area contributed by atoms with E-state index in [-0.39, 0.29) is 17.5 Å². The van der Waals surface area contributed by atoms with Crippen molar-refractivity contribution in [1.82, 2.24) is 5.32 Å². The van der Waals surface area contributed by atoms with Gasteiger partial charge < -0.3 is 10.1 Å². The average Bonchev–Trinajstić information content (AvgIpc) is 2.79. The van der Waals surface area contributed by atoms with Gasteiger partial charge in [-0.1, -0.05) is 47.5 Å². The molecule has 1 unspecified atom stereocenters. The second-order valence-electron chi connectivity index (χ2n) is 7.95. The lowest BCUT2D eigenvalue weighted by atomic mass is 10.1. The number of anilines is 1. The van der Waals surface area contributed by atoms with Crippen molar-refractivity contribution in [1.29, 1.82) is 0 Å². The van der Waals surface area contributed by atoms with E-state index >= 15 is 0 Å². The first kappa shape index (κ1) is 24.3. The average molecular weight is 467 g/mol. The maximum absolute atomic E-state index is 13.5. The largest absolute Gasteiger partial charge is 0.494 e. The molecule has 7 heteroatoms. The van der Waals surface area contributed by atoms with Crippen molar-refractivity contribution >= 4 is 21.6 Å². The van der Waals surface area contributed by atoms with Crippen LogP contribution in [0.2, 0.25) is 0 Å². The lowest BCUT2D eigenvalue weighted by molar-refractivity contribution is -0.120. The number of nitrogens with zero attached hydrogens (tertiary/aromatic N) is 1. The molecule has 0 heterocycles. The van der Waals surface area contributed by atoms with E-state index in [0.717, 1.165) is 26.7 Å². The summed E-state index contributed by atoms with van der Waals surface area (Å²) in [5.41, 5.74) is 3.29. The molecule has 0 aliphatic rings. The number of benzene rings is 3. The molecule has 0 aliphatic heterocycles. The van der Waals surface area contributed by atoms with Gasteiger partial charge in [-0.3, -0.25) is 9.10 Å². The minimum absolute atomic E-state index is 0.140. The van der Waals surface area contributed by atoms with Crippen LogP contribution in [0, 0.1) is 13.8 Å². The molecule has 0 aliphatic carbocycles. The van der Waals surface area contributed by atoms with Gasteiger partial charge in [0.25, 0.3) is 10.0 Å². The molecule has 3 aromatic rings. The van der Waals surface area contributed by atoms with E-state index in [1.54, 1.807) is 36.4 Å². The first-order valence-electron chi connectivity index (χ1n) is 10.9. The second kappa shape index (κ2) is 10.5. The summed E-state index contributed by atoms with van der Waals surface area (Å²) in [4.78, 5) is 13.1. The molecule has 0 bridgehead atoms. The standard InChI is InChI=1S/C26H30N2O4S/c1-5-32-24-14-10-22(11-15-24)21(4)27-26(29)18-28(23-12-6-19(2)7-13-23)33(30,31)25-16-8-20(3)9-17-25/h6-17,21H,5,18H2,1-4H3,(H,27,29). The predicted molar refractivity (Wildman–Crippen MR) is 131 cm³/mol. The fraction of sp³-hybridized carbons (Fsp3) is 0.269. The van der Waals surface area contributed by atoms with E-state index in [1.807, 2.05) is 64.1 Å². The van der Waals surface area contributed by atoms with Gasteiger partial charge in [-0.2, -0.15) is 0 Å². The van der Waals surface area contributed by atoms with Crippen molar-refractivity contribution < 1.29 is 17.9 Å². The highest BCUT2D eigenvalue weighted by atomic mass is 32.2. The summed E-state index contributed by atoms with van der Waals surface area (Å²) in [7, 11) is -3.94. The number of ether oxygens (including phenoxy) is 1. The zero-order valence-electron chi connectivity index (χ0n) is 19.4. The lowest BCUT2D eigenvalue weighted by Crippen LogP contribution is -2.41. The highest BCUT2D eigenvalue weighted by molar-refractivity contribution is 7.92. The van der Waals surface area contributed by atoms with Crippen LogP contribution >= 0.6 is 0 Å². The van der Waals surface area contributed by atoms with Crippen LogP contribution in [0.1, 0.15) is 36.6 Å². The Morgan fingerprint density at radius 3 is 2.00 bits per heavy atom. The zero-order chi connectivity index (χ0) is 24.0. The molecule has 3 aromatic carbocycles. The molecule has 1 atom stereocenters. The molecule has 174 valence electrons. The number of rotatable bonds is 9. The number of carbonyl (C=O) groups is 1. The first-order chi connectivity index (χ1) is 15.7. The maximum atomic E-state index is 13.5. The molecule has 6 nitrogen and oxygen atoms in total. The maximum Gasteiger partial charge on any atom is 0.264 e. The van der Waals surface area contributed by atoms with Crippen molar-refractivity contribution in [3.8, 4) is 5.75 Å². The summed E-state index contributed by atoms with van der Waals surface area (Å²) in [6, 6.07) is 20.9. The van der Waals surface area contributed by atoms with Crippen LogP contribution in [-0.4, -0.2) is 27.5 Å². The molecule has 0 saturated carbocycles. The van der Waals surface area contributed by atoms with E-state index in [1.165, 1.54) is 0 Å². The molecule has 0 saturated heterocycles. The molecule has 33 heavy (non-hydrogen) atoms. The molecular formula is C26H30N2O4S. The van der Waals surface area contributed by atoms with Gasteiger partial charge in [0.1, 0.15) is 12.3 Å². The number of sulfonamides is 1. The Bertz CT molecular complexity index is 1170. The smallest absolute Gasteiger partial charge is 0.264 e. The Labute approximate surface area is 196 Å². The molecule has 0 fully saturated rings. The van der Waals surface area contributed by atoms with Crippen LogP contribution < -0.4 is 14.4 Å². The van der Waals surface area contributed by atoms with Crippen molar-refractivity contribution in [2.45, 2.75) is 38.6 Å². The van der Waals surface area contributed by atoms with E-state index < -0.39 is 15.9 Å². The topological polar surface area (TPSA) is 75.7 Å². The Balaban J connectivity index is 1.83. The van der Waals surface area contributed by atoms with Crippen LogP contribution in [0.5, 0.6) is 5.75 Å². The summed E-state index contributed by atoms with van der Waals surface area (Å²) in [5.74, 6) is 0.363. The third-order valence-electron chi connectivity index (χ3n) is 5.29. The number of aryl methyl sites for hydroxylation is 2. The van der Waals surface area contributed by atoms with Gasteiger partial charge in [0.2, 0.25) is 5.91 Å². The summed E-state index contributed by atoms with van der Waals surface area (Å²) in [5, 5.41) is 2.91. The van der Waals surface area contributed by atoms with Crippen LogP contribution in [0.15, 0.2) is 77.7 Å². The molecule has 1 amide bonds. The molecular weight excluding hydrogens is 436 g/mol. The van der Waals surface area contributed by atoms with Gasteiger partial charge in [-0.25, -0.2) is 8.42 Å². The monoisotopic (exact) mass is 466 g/mol.